The molecule has 0 aliphatic heterocycles. The molecule has 0 radical (unpaired) electrons. The van der Waals surface area contributed by atoms with Crippen molar-refractivity contribution >= 4 is 17.8 Å². The van der Waals surface area contributed by atoms with E-state index in [9.17, 15) is 14.4 Å². The first-order valence-corrected chi connectivity index (χ1v) is 7.29. The zero-order chi connectivity index (χ0) is 17.6. The summed E-state index contributed by atoms with van der Waals surface area (Å²) >= 11 is 0. The fraction of sp³-hybridized carbons (Fsp3) is 0.571. The summed E-state index contributed by atoms with van der Waals surface area (Å²) in [4.78, 5) is 41.8. The van der Waals surface area contributed by atoms with Crippen LogP contribution in [0.2, 0.25) is 0 Å². The number of aliphatic carboxylic acids is 1. The van der Waals surface area contributed by atoms with Crippen LogP contribution >= 0.6 is 0 Å². The van der Waals surface area contributed by atoms with Gasteiger partial charge in [0.05, 0.1) is 18.1 Å². The summed E-state index contributed by atoms with van der Waals surface area (Å²) in [5, 5.41) is 13.9. The molecule has 1 aromatic rings. The number of hydrogen-bond donors (Lipinski definition) is 5. The summed E-state index contributed by atoms with van der Waals surface area (Å²) in [6.45, 7) is 4.83. The molecule has 0 aliphatic carbocycles. The lowest BCUT2D eigenvalue weighted by Crippen LogP contribution is -2.54. The van der Waals surface area contributed by atoms with Crippen LogP contribution in [0.3, 0.4) is 0 Å². The van der Waals surface area contributed by atoms with Crippen molar-refractivity contribution in [1.82, 2.24) is 20.6 Å². The van der Waals surface area contributed by atoms with Crippen molar-refractivity contribution < 1.29 is 19.5 Å². The highest BCUT2D eigenvalue weighted by molar-refractivity contribution is 5.91. The van der Waals surface area contributed by atoms with E-state index in [-0.39, 0.29) is 12.3 Å². The topological polar surface area (TPSA) is 150 Å². The van der Waals surface area contributed by atoms with Crippen molar-refractivity contribution in [2.24, 2.45) is 11.7 Å². The van der Waals surface area contributed by atoms with E-state index in [0.717, 1.165) is 0 Å². The van der Waals surface area contributed by atoms with E-state index in [1.54, 1.807) is 20.0 Å². The van der Waals surface area contributed by atoms with Crippen molar-refractivity contribution in [3.05, 3.63) is 18.2 Å². The fourth-order valence-corrected chi connectivity index (χ4v) is 1.90. The van der Waals surface area contributed by atoms with E-state index in [1.807, 2.05) is 0 Å². The molecule has 0 saturated carbocycles. The van der Waals surface area contributed by atoms with Gasteiger partial charge in [0.1, 0.15) is 12.1 Å². The number of nitrogens with zero attached hydrogens (tertiary/aromatic N) is 1. The molecule has 0 unspecified atom stereocenters. The van der Waals surface area contributed by atoms with E-state index in [1.165, 1.54) is 13.3 Å². The number of carbonyl (C=O) groups excluding carboxylic acids is 2. The average Bonchev–Trinajstić information content (AvgIpc) is 2.96. The molecular formula is C14H23N5O4. The van der Waals surface area contributed by atoms with E-state index < -0.39 is 35.9 Å². The molecule has 0 bridgehead atoms. The molecule has 3 atom stereocenters. The minimum Gasteiger partial charge on any atom is -0.480 e. The van der Waals surface area contributed by atoms with Gasteiger partial charge in [0, 0.05) is 12.6 Å². The lowest BCUT2D eigenvalue weighted by atomic mass is 10.0. The Morgan fingerprint density at radius 3 is 2.39 bits per heavy atom. The molecular weight excluding hydrogens is 302 g/mol. The van der Waals surface area contributed by atoms with Gasteiger partial charge in [0.25, 0.3) is 0 Å². The SMILES string of the molecule is CC(C)[C@H](NC(=O)[C@H](C)NC(=O)[C@@H](N)Cc1c[nH]cn1)C(=O)O. The Kier molecular flexibility index (Phi) is 6.70. The second-order valence-corrected chi connectivity index (χ2v) is 5.67. The Labute approximate surface area is 134 Å². The van der Waals surface area contributed by atoms with Crippen LogP contribution in [0.4, 0.5) is 0 Å². The normalized spacial score (nSPS) is 14.8. The van der Waals surface area contributed by atoms with Crippen LogP contribution in [0.15, 0.2) is 12.5 Å². The minimum absolute atomic E-state index is 0.230. The number of hydrogen-bond acceptors (Lipinski definition) is 5. The molecule has 128 valence electrons. The van der Waals surface area contributed by atoms with Gasteiger partial charge in [0.15, 0.2) is 0 Å². The van der Waals surface area contributed by atoms with Crippen LogP contribution in [0, 0.1) is 5.92 Å². The van der Waals surface area contributed by atoms with Crippen LogP contribution in [-0.4, -0.2) is 51.0 Å². The summed E-state index contributed by atoms with van der Waals surface area (Å²) in [6.07, 6.45) is 3.34. The summed E-state index contributed by atoms with van der Waals surface area (Å²) in [5.74, 6) is -2.48. The molecule has 2 amide bonds. The van der Waals surface area contributed by atoms with Gasteiger partial charge in [-0.1, -0.05) is 13.8 Å². The molecule has 0 fully saturated rings. The lowest BCUT2D eigenvalue weighted by Gasteiger charge is -2.22. The first-order valence-electron chi connectivity index (χ1n) is 7.29. The van der Waals surface area contributed by atoms with Gasteiger partial charge in [0.2, 0.25) is 11.8 Å². The molecule has 0 aromatic carbocycles. The van der Waals surface area contributed by atoms with Crippen LogP contribution < -0.4 is 16.4 Å². The molecule has 0 aliphatic rings. The van der Waals surface area contributed by atoms with Crippen molar-refractivity contribution in [2.45, 2.75) is 45.3 Å². The Morgan fingerprint density at radius 1 is 1.26 bits per heavy atom. The average molecular weight is 325 g/mol. The van der Waals surface area contributed by atoms with Gasteiger partial charge in [-0.15, -0.1) is 0 Å². The van der Waals surface area contributed by atoms with E-state index in [4.69, 9.17) is 10.8 Å². The number of rotatable bonds is 8. The molecule has 9 heteroatoms. The van der Waals surface area contributed by atoms with E-state index >= 15 is 0 Å². The number of carboxylic acids is 1. The molecule has 1 rings (SSSR count). The maximum atomic E-state index is 12.0. The van der Waals surface area contributed by atoms with Gasteiger partial charge in [-0.3, -0.25) is 9.59 Å². The molecule has 1 aromatic heterocycles. The quantitative estimate of drug-likeness (QED) is 0.414. The Bertz CT molecular complexity index is 543. The first kappa shape index (κ1) is 18.6. The predicted molar refractivity (Wildman–Crippen MR) is 82.3 cm³/mol. The van der Waals surface area contributed by atoms with Crippen molar-refractivity contribution in [2.75, 3.05) is 0 Å². The Hall–Kier alpha value is -2.42. The molecule has 1 heterocycles. The van der Waals surface area contributed by atoms with Gasteiger partial charge in [-0.25, -0.2) is 9.78 Å². The van der Waals surface area contributed by atoms with Crippen LogP contribution in [0.5, 0.6) is 0 Å². The number of carbonyl (C=O) groups is 3. The zero-order valence-corrected chi connectivity index (χ0v) is 13.4. The maximum Gasteiger partial charge on any atom is 0.326 e. The third-order valence-electron chi connectivity index (χ3n) is 3.30. The highest BCUT2D eigenvalue weighted by atomic mass is 16.4. The highest BCUT2D eigenvalue weighted by Crippen LogP contribution is 2.02. The van der Waals surface area contributed by atoms with Crippen molar-refractivity contribution in [3.63, 3.8) is 0 Å². The Balaban J connectivity index is 2.53. The number of nitrogens with two attached hydrogens (primary N) is 1. The number of aromatic amines is 1. The first-order chi connectivity index (χ1) is 10.7. The second-order valence-electron chi connectivity index (χ2n) is 5.67. The number of H-pyrrole nitrogens is 1. The van der Waals surface area contributed by atoms with E-state index in [2.05, 4.69) is 20.6 Å². The number of amides is 2. The molecule has 0 saturated heterocycles. The molecule has 6 N–H and O–H groups in total. The highest BCUT2D eigenvalue weighted by Gasteiger charge is 2.27. The predicted octanol–water partition coefficient (Wildman–Crippen LogP) is -0.990. The molecule has 23 heavy (non-hydrogen) atoms. The standard InChI is InChI=1S/C14H23N5O4/c1-7(2)11(14(22)23)19-12(20)8(3)18-13(21)10(15)4-9-5-16-6-17-9/h5-8,10-11H,4,15H2,1-3H3,(H,16,17)(H,18,21)(H,19,20)(H,22,23)/t8-,10-,11-/m0/s1. The number of carboxylic acid groups (broad SMARTS) is 1. The van der Waals surface area contributed by atoms with Gasteiger partial charge < -0.3 is 26.5 Å². The fourth-order valence-electron chi connectivity index (χ4n) is 1.90. The van der Waals surface area contributed by atoms with Gasteiger partial charge in [-0.05, 0) is 12.8 Å². The smallest absolute Gasteiger partial charge is 0.326 e. The van der Waals surface area contributed by atoms with Crippen molar-refractivity contribution in [3.8, 4) is 0 Å². The summed E-state index contributed by atoms with van der Waals surface area (Å²) in [6, 6.07) is -2.76. The van der Waals surface area contributed by atoms with Gasteiger partial charge >= 0.3 is 5.97 Å². The zero-order valence-electron chi connectivity index (χ0n) is 13.4. The van der Waals surface area contributed by atoms with Crippen LogP contribution in [0.25, 0.3) is 0 Å². The molecule has 9 nitrogen and oxygen atoms in total. The summed E-state index contributed by atoms with van der Waals surface area (Å²) < 4.78 is 0. The second kappa shape index (κ2) is 8.28. The third-order valence-corrected chi connectivity index (χ3v) is 3.30. The number of imidazole rings is 1. The monoisotopic (exact) mass is 325 g/mol. The lowest BCUT2D eigenvalue weighted by molar-refractivity contribution is -0.143. The summed E-state index contributed by atoms with van der Waals surface area (Å²) in [5.41, 5.74) is 6.40. The van der Waals surface area contributed by atoms with Crippen LogP contribution in [0.1, 0.15) is 26.5 Å². The largest absolute Gasteiger partial charge is 0.480 e. The Morgan fingerprint density at radius 2 is 1.91 bits per heavy atom. The number of nitrogens with one attached hydrogen (secondary N) is 3. The third kappa shape index (κ3) is 5.70. The van der Waals surface area contributed by atoms with Crippen LogP contribution in [-0.2, 0) is 20.8 Å². The molecule has 0 spiro atoms. The summed E-state index contributed by atoms with van der Waals surface area (Å²) in [7, 11) is 0. The minimum atomic E-state index is -1.12. The van der Waals surface area contributed by atoms with Gasteiger partial charge in [-0.2, -0.15) is 0 Å². The van der Waals surface area contributed by atoms with E-state index in [0.29, 0.717) is 5.69 Å². The van der Waals surface area contributed by atoms with Crippen molar-refractivity contribution in [1.29, 1.82) is 0 Å². The number of aromatic nitrogens is 2. The maximum absolute atomic E-state index is 12.0.